The summed E-state index contributed by atoms with van der Waals surface area (Å²) in [6.45, 7) is 3.84. The van der Waals surface area contributed by atoms with Crippen molar-refractivity contribution in [3.63, 3.8) is 0 Å². The number of nitrogens with two attached hydrogens (primary N) is 1. The molecule has 1 heterocycles. The van der Waals surface area contributed by atoms with E-state index < -0.39 is 6.04 Å². The van der Waals surface area contributed by atoms with Gasteiger partial charge in [0.25, 0.3) is 0 Å². The molecule has 0 unspecified atom stereocenters. The van der Waals surface area contributed by atoms with Crippen molar-refractivity contribution in [2.24, 2.45) is 11.7 Å². The molecule has 0 aliphatic heterocycles. The second kappa shape index (κ2) is 4.55. The van der Waals surface area contributed by atoms with Crippen LogP contribution in [-0.4, -0.2) is 22.1 Å². The number of hydrogen-bond acceptors (Lipinski definition) is 3. The van der Waals surface area contributed by atoms with Gasteiger partial charge in [-0.15, -0.1) is 0 Å². The first-order chi connectivity index (χ1) is 8.09. The molecule has 0 saturated heterocycles. The zero-order chi connectivity index (χ0) is 12.4. The number of para-hydroxylation sites is 1. The van der Waals surface area contributed by atoms with Crippen LogP contribution in [0.25, 0.3) is 10.9 Å². The molecule has 0 bridgehead atoms. The molecule has 4 N–H and O–H groups in total. The summed E-state index contributed by atoms with van der Waals surface area (Å²) in [4.78, 5) is 11.8. The van der Waals surface area contributed by atoms with Gasteiger partial charge in [0.05, 0.1) is 23.4 Å². The maximum absolute atomic E-state index is 11.8. The quantitative estimate of drug-likeness (QED) is 0.749. The Hall–Kier alpha value is -1.88. The Bertz CT molecular complexity index is 532. The molecular weight excluding hydrogens is 216 g/mol. The number of aromatic nitrogens is 2. The summed E-state index contributed by atoms with van der Waals surface area (Å²) in [5.41, 5.74) is 7.32. The first-order valence-corrected chi connectivity index (χ1v) is 5.58. The molecule has 0 aliphatic carbocycles. The molecule has 2 aromatic rings. The zero-order valence-electron chi connectivity index (χ0n) is 9.90. The van der Waals surface area contributed by atoms with E-state index in [-0.39, 0.29) is 11.8 Å². The molecule has 0 saturated carbocycles. The number of nitrogens with zero attached hydrogens (tertiary/aromatic N) is 1. The number of nitrogens with one attached hydrogen (secondary N) is 2. The number of fused-ring (bicyclic) bond motifs is 1. The van der Waals surface area contributed by atoms with Gasteiger partial charge in [-0.25, -0.2) is 0 Å². The molecule has 0 spiro atoms. The largest absolute Gasteiger partial charge is 0.323 e. The third kappa shape index (κ3) is 2.29. The molecule has 90 valence electrons. The molecule has 1 amide bonds. The number of aromatic amines is 1. The number of benzene rings is 1. The molecule has 1 aromatic heterocycles. The molecule has 0 radical (unpaired) electrons. The Morgan fingerprint density at radius 3 is 2.94 bits per heavy atom. The molecule has 0 aliphatic rings. The minimum absolute atomic E-state index is 0.107. The van der Waals surface area contributed by atoms with Crippen molar-refractivity contribution in [3.8, 4) is 0 Å². The SMILES string of the molecule is CC(C)[C@H](N)C(=O)Nc1cccc2cn[nH]c12. The Morgan fingerprint density at radius 1 is 1.47 bits per heavy atom. The average Bonchev–Trinajstić information content (AvgIpc) is 2.76. The summed E-state index contributed by atoms with van der Waals surface area (Å²) in [7, 11) is 0. The second-order valence-electron chi connectivity index (χ2n) is 4.40. The number of hydrogen-bond donors (Lipinski definition) is 3. The first kappa shape index (κ1) is 11.6. The van der Waals surface area contributed by atoms with Crippen molar-refractivity contribution in [1.82, 2.24) is 10.2 Å². The molecule has 2 rings (SSSR count). The highest BCUT2D eigenvalue weighted by atomic mass is 16.2. The summed E-state index contributed by atoms with van der Waals surface area (Å²) in [6, 6.07) is 5.12. The molecule has 0 fully saturated rings. The Kier molecular flexibility index (Phi) is 3.10. The van der Waals surface area contributed by atoms with E-state index >= 15 is 0 Å². The van der Waals surface area contributed by atoms with Crippen LogP contribution < -0.4 is 11.1 Å². The van der Waals surface area contributed by atoms with Gasteiger partial charge in [0.1, 0.15) is 0 Å². The Balaban J connectivity index is 2.24. The van der Waals surface area contributed by atoms with E-state index in [0.717, 1.165) is 10.9 Å². The summed E-state index contributed by atoms with van der Waals surface area (Å²) in [6.07, 6.45) is 1.72. The number of amides is 1. The van der Waals surface area contributed by atoms with E-state index in [1.165, 1.54) is 0 Å². The van der Waals surface area contributed by atoms with Crippen LogP contribution >= 0.6 is 0 Å². The van der Waals surface area contributed by atoms with Gasteiger partial charge in [0, 0.05) is 5.39 Å². The average molecular weight is 232 g/mol. The molecule has 17 heavy (non-hydrogen) atoms. The second-order valence-corrected chi connectivity index (χ2v) is 4.40. The van der Waals surface area contributed by atoms with E-state index in [4.69, 9.17) is 5.73 Å². The maximum Gasteiger partial charge on any atom is 0.241 e. The van der Waals surface area contributed by atoms with Gasteiger partial charge in [-0.1, -0.05) is 26.0 Å². The fourth-order valence-electron chi connectivity index (χ4n) is 1.59. The number of anilines is 1. The lowest BCUT2D eigenvalue weighted by atomic mass is 10.0. The van der Waals surface area contributed by atoms with Crippen LogP contribution in [0.5, 0.6) is 0 Å². The van der Waals surface area contributed by atoms with Crippen molar-refractivity contribution in [1.29, 1.82) is 0 Å². The third-order valence-corrected chi connectivity index (χ3v) is 2.76. The van der Waals surface area contributed by atoms with Gasteiger partial charge in [-0.2, -0.15) is 5.10 Å². The normalized spacial score (nSPS) is 12.9. The maximum atomic E-state index is 11.8. The minimum atomic E-state index is -0.506. The predicted octanol–water partition coefficient (Wildman–Crippen LogP) is 1.48. The zero-order valence-corrected chi connectivity index (χ0v) is 9.90. The fourth-order valence-corrected chi connectivity index (χ4v) is 1.59. The number of carbonyl (C=O) groups is 1. The summed E-state index contributed by atoms with van der Waals surface area (Å²) in [5, 5.41) is 10.6. The van der Waals surface area contributed by atoms with Crippen LogP contribution in [0.3, 0.4) is 0 Å². The minimum Gasteiger partial charge on any atom is -0.323 e. The van der Waals surface area contributed by atoms with Crippen LogP contribution in [0.1, 0.15) is 13.8 Å². The van der Waals surface area contributed by atoms with Gasteiger partial charge >= 0.3 is 0 Å². The summed E-state index contributed by atoms with van der Waals surface area (Å²) >= 11 is 0. The smallest absolute Gasteiger partial charge is 0.241 e. The molecular formula is C12H16N4O. The van der Waals surface area contributed by atoms with Crippen molar-refractivity contribution in [2.75, 3.05) is 5.32 Å². The van der Waals surface area contributed by atoms with Gasteiger partial charge in [-0.05, 0) is 12.0 Å². The lowest BCUT2D eigenvalue weighted by Gasteiger charge is -2.15. The Labute approximate surface area is 99.4 Å². The van der Waals surface area contributed by atoms with Crippen LogP contribution in [0.2, 0.25) is 0 Å². The van der Waals surface area contributed by atoms with Gasteiger partial charge < -0.3 is 11.1 Å². The van der Waals surface area contributed by atoms with Gasteiger partial charge in [0.15, 0.2) is 0 Å². The predicted molar refractivity (Wildman–Crippen MR) is 67.5 cm³/mol. The fraction of sp³-hybridized carbons (Fsp3) is 0.333. The van der Waals surface area contributed by atoms with E-state index in [1.54, 1.807) is 6.20 Å². The summed E-state index contributed by atoms with van der Waals surface area (Å²) < 4.78 is 0. The highest BCUT2D eigenvalue weighted by Gasteiger charge is 2.18. The van der Waals surface area contributed by atoms with Crippen LogP contribution in [0.15, 0.2) is 24.4 Å². The molecule has 5 nitrogen and oxygen atoms in total. The topological polar surface area (TPSA) is 83.8 Å². The van der Waals surface area contributed by atoms with Crippen LogP contribution in [-0.2, 0) is 4.79 Å². The third-order valence-electron chi connectivity index (χ3n) is 2.76. The van der Waals surface area contributed by atoms with Crippen LogP contribution in [0.4, 0.5) is 5.69 Å². The highest BCUT2D eigenvalue weighted by molar-refractivity contribution is 6.02. The highest BCUT2D eigenvalue weighted by Crippen LogP contribution is 2.20. The van der Waals surface area contributed by atoms with E-state index in [2.05, 4.69) is 15.5 Å². The first-order valence-electron chi connectivity index (χ1n) is 5.58. The number of carbonyl (C=O) groups excluding carboxylic acids is 1. The summed E-state index contributed by atoms with van der Waals surface area (Å²) in [5.74, 6) is -0.0712. The lowest BCUT2D eigenvalue weighted by molar-refractivity contribution is -0.118. The van der Waals surface area contributed by atoms with Crippen molar-refractivity contribution in [3.05, 3.63) is 24.4 Å². The van der Waals surface area contributed by atoms with Crippen molar-refractivity contribution >= 4 is 22.5 Å². The molecule has 1 atom stereocenters. The standard InChI is InChI=1S/C12H16N4O/c1-7(2)10(13)12(17)15-9-5-3-4-8-6-14-16-11(8)9/h3-7,10H,13H2,1-2H3,(H,14,16)(H,15,17)/t10-/m0/s1. The van der Waals surface area contributed by atoms with E-state index in [9.17, 15) is 4.79 Å². The molecule has 5 heteroatoms. The van der Waals surface area contributed by atoms with E-state index in [0.29, 0.717) is 5.69 Å². The monoisotopic (exact) mass is 232 g/mol. The number of rotatable bonds is 3. The van der Waals surface area contributed by atoms with Crippen LogP contribution in [0, 0.1) is 5.92 Å². The number of H-pyrrole nitrogens is 1. The lowest BCUT2D eigenvalue weighted by Crippen LogP contribution is -2.39. The Morgan fingerprint density at radius 2 is 2.24 bits per heavy atom. The van der Waals surface area contributed by atoms with Crippen molar-refractivity contribution < 1.29 is 4.79 Å². The van der Waals surface area contributed by atoms with E-state index in [1.807, 2.05) is 32.0 Å². The van der Waals surface area contributed by atoms with Gasteiger partial charge in [-0.3, -0.25) is 9.89 Å². The van der Waals surface area contributed by atoms with Crippen molar-refractivity contribution in [2.45, 2.75) is 19.9 Å². The molecule has 1 aromatic carbocycles. The van der Waals surface area contributed by atoms with Gasteiger partial charge in [0.2, 0.25) is 5.91 Å².